The summed E-state index contributed by atoms with van der Waals surface area (Å²) in [6.45, 7) is 0. The minimum atomic E-state index is -1.60. The summed E-state index contributed by atoms with van der Waals surface area (Å²) in [4.78, 5) is 24.6. The molecule has 0 amide bonds. The van der Waals surface area contributed by atoms with Crippen LogP contribution in [0.1, 0.15) is 10.4 Å². The van der Waals surface area contributed by atoms with Crippen molar-refractivity contribution in [3.8, 4) is 0 Å². The van der Waals surface area contributed by atoms with Gasteiger partial charge in [0.2, 0.25) is 0 Å². The van der Waals surface area contributed by atoms with Crippen LogP contribution in [0.4, 0.5) is 4.39 Å². The minimum Gasteiger partial charge on any atom is -0.475 e. The van der Waals surface area contributed by atoms with Gasteiger partial charge in [0, 0.05) is 17.1 Å². The van der Waals surface area contributed by atoms with E-state index in [1.165, 1.54) is 12.3 Å². The van der Waals surface area contributed by atoms with Gasteiger partial charge in [-0.2, -0.15) is 0 Å². The maximum atomic E-state index is 13.5. The van der Waals surface area contributed by atoms with Gasteiger partial charge in [0.25, 0.3) is 5.78 Å². The van der Waals surface area contributed by atoms with Gasteiger partial charge in [0.15, 0.2) is 0 Å². The van der Waals surface area contributed by atoms with Gasteiger partial charge in [-0.05, 0) is 6.07 Å². The van der Waals surface area contributed by atoms with Gasteiger partial charge in [0.1, 0.15) is 13.7 Å². The minimum absolute atomic E-state index is 0.0346. The molecule has 2 aromatic rings. The Hall–Kier alpha value is -2.11. The van der Waals surface area contributed by atoms with E-state index in [0.717, 1.165) is 5.46 Å². The smallest absolute Gasteiger partial charge is 0.377 e. The van der Waals surface area contributed by atoms with E-state index in [1.807, 2.05) is 0 Å². The molecule has 80 valence electrons. The number of hydrogen-bond donors (Lipinski definition) is 2. The lowest BCUT2D eigenvalue weighted by atomic mass is 9.92. The molecule has 6 heteroatoms. The molecule has 2 rings (SSSR count). The van der Waals surface area contributed by atoms with Crippen LogP contribution in [0.3, 0.4) is 0 Å². The fourth-order valence-corrected chi connectivity index (χ4v) is 1.64. The summed E-state index contributed by atoms with van der Waals surface area (Å²) in [7, 11) is 1.74. The lowest BCUT2D eigenvalue weighted by molar-refractivity contribution is -0.131. The van der Waals surface area contributed by atoms with Crippen LogP contribution in [0.2, 0.25) is 0 Å². The topological polar surface area (TPSA) is 70.2 Å². The molecular weight excluding hydrogens is 212 g/mol. The van der Waals surface area contributed by atoms with Crippen molar-refractivity contribution in [3.05, 3.63) is 29.7 Å². The van der Waals surface area contributed by atoms with E-state index in [2.05, 4.69) is 4.98 Å². The molecule has 16 heavy (non-hydrogen) atoms. The van der Waals surface area contributed by atoms with Crippen molar-refractivity contribution in [1.82, 2.24) is 4.98 Å². The highest BCUT2D eigenvalue weighted by Gasteiger charge is 2.21. The predicted molar refractivity (Wildman–Crippen MR) is 58.4 cm³/mol. The van der Waals surface area contributed by atoms with Crippen molar-refractivity contribution in [2.24, 2.45) is 0 Å². The number of aromatic amines is 1. The second kappa shape index (κ2) is 3.48. The van der Waals surface area contributed by atoms with Gasteiger partial charge in [-0.1, -0.05) is 11.5 Å². The molecule has 0 saturated heterocycles. The molecular formula is C10H7BFNO3. The highest BCUT2D eigenvalue weighted by Crippen LogP contribution is 2.20. The van der Waals surface area contributed by atoms with E-state index in [1.54, 1.807) is 13.9 Å². The number of aromatic nitrogens is 1. The second-order valence-electron chi connectivity index (χ2n) is 3.45. The predicted octanol–water partition coefficient (Wildman–Crippen LogP) is -0.167. The molecule has 0 aliphatic rings. The molecule has 1 aromatic heterocycles. The van der Waals surface area contributed by atoms with Crippen LogP contribution in [0.5, 0.6) is 0 Å². The number of H-pyrrole nitrogens is 1. The number of fused-ring (bicyclic) bond motifs is 1. The van der Waals surface area contributed by atoms with Crippen molar-refractivity contribution in [1.29, 1.82) is 0 Å². The standard InChI is InChI=1S/C10H7BFNO3/c11-5-1-2-6(12)7-4(3-13-8(5)7)9(14)10(15)16/h1-3,13H,11H2,(H,15,16). The first-order valence-electron chi connectivity index (χ1n) is 4.56. The number of carbonyl (C=O) groups is 2. The number of benzene rings is 1. The van der Waals surface area contributed by atoms with Gasteiger partial charge >= 0.3 is 5.97 Å². The van der Waals surface area contributed by atoms with Crippen LogP contribution < -0.4 is 5.46 Å². The van der Waals surface area contributed by atoms with Crippen LogP contribution >= 0.6 is 0 Å². The lowest BCUT2D eigenvalue weighted by Gasteiger charge is -1.99. The number of aliphatic carboxylic acids is 1. The van der Waals surface area contributed by atoms with E-state index in [9.17, 15) is 14.0 Å². The second-order valence-corrected chi connectivity index (χ2v) is 3.45. The summed E-state index contributed by atoms with van der Waals surface area (Å²) in [6.07, 6.45) is 1.22. The van der Waals surface area contributed by atoms with Gasteiger partial charge in [-0.15, -0.1) is 0 Å². The molecule has 0 radical (unpaired) electrons. The average Bonchev–Trinajstić information content (AvgIpc) is 2.67. The Bertz CT molecular complexity index is 605. The van der Waals surface area contributed by atoms with Gasteiger partial charge in [0.05, 0.1) is 5.56 Å². The first kappa shape index (κ1) is 10.4. The monoisotopic (exact) mass is 219 g/mol. The quantitative estimate of drug-likeness (QED) is 0.418. The number of Topliss-reactive ketones (excluding diaryl/α,β-unsaturated/α-hetero) is 1. The zero-order valence-corrected chi connectivity index (χ0v) is 8.37. The van der Waals surface area contributed by atoms with Crippen molar-refractivity contribution in [2.45, 2.75) is 0 Å². The molecule has 0 fully saturated rings. The van der Waals surface area contributed by atoms with Crippen molar-refractivity contribution in [2.75, 3.05) is 0 Å². The SMILES string of the molecule is Bc1ccc(F)c2c(C(=O)C(=O)O)c[nH]c12. The van der Waals surface area contributed by atoms with E-state index in [4.69, 9.17) is 5.11 Å². The summed E-state index contributed by atoms with van der Waals surface area (Å²) >= 11 is 0. The lowest BCUT2D eigenvalue weighted by Crippen LogP contribution is -2.13. The third-order valence-electron chi connectivity index (χ3n) is 2.43. The third kappa shape index (κ3) is 1.39. The van der Waals surface area contributed by atoms with Crippen molar-refractivity contribution in [3.63, 3.8) is 0 Å². The van der Waals surface area contributed by atoms with Crippen LogP contribution in [-0.2, 0) is 4.79 Å². The van der Waals surface area contributed by atoms with E-state index in [-0.39, 0.29) is 10.9 Å². The fraction of sp³-hybridized carbons (Fsp3) is 0. The number of rotatable bonds is 2. The number of carboxylic acids is 1. The Balaban J connectivity index is 2.78. The number of hydrogen-bond acceptors (Lipinski definition) is 2. The Morgan fingerprint density at radius 1 is 1.38 bits per heavy atom. The van der Waals surface area contributed by atoms with Crippen LogP contribution in [0.25, 0.3) is 10.9 Å². The van der Waals surface area contributed by atoms with Crippen LogP contribution in [0, 0.1) is 5.82 Å². The summed E-state index contributed by atoms with van der Waals surface area (Å²) in [5, 5.41) is 8.62. The molecule has 0 atom stereocenters. The largest absolute Gasteiger partial charge is 0.475 e. The Labute approximate surface area is 90.5 Å². The zero-order chi connectivity index (χ0) is 11.9. The molecule has 4 nitrogen and oxygen atoms in total. The molecule has 0 aliphatic heterocycles. The maximum Gasteiger partial charge on any atom is 0.377 e. The number of halogens is 1. The third-order valence-corrected chi connectivity index (χ3v) is 2.43. The summed E-state index contributed by atoms with van der Waals surface area (Å²) in [5.41, 5.74) is 1.05. The molecule has 0 aliphatic carbocycles. The molecule has 0 spiro atoms. The van der Waals surface area contributed by atoms with Crippen molar-refractivity contribution < 1.29 is 19.1 Å². The van der Waals surface area contributed by atoms with E-state index < -0.39 is 17.6 Å². The number of carbonyl (C=O) groups excluding carboxylic acids is 1. The number of ketones is 1. The Morgan fingerprint density at radius 3 is 2.69 bits per heavy atom. The Kier molecular flexibility index (Phi) is 2.27. The van der Waals surface area contributed by atoms with Gasteiger partial charge in [-0.3, -0.25) is 4.79 Å². The highest BCUT2D eigenvalue weighted by molar-refractivity contribution is 6.44. The molecule has 0 saturated carbocycles. The first-order valence-corrected chi connectivity index (χ1v) is 4.56. The zero-order valence-electron chi connectivity index (χ0n) is 8.37. The normalized spacial score (nSPS) is 10.6. The van der Waals surface area contributed by atoms with Crippen LogP contribution in [0.15, 0.2) is 18.3 Å². The average molecular weight is 219 g/mol. The van der Waals surface area contributed by atoms with Crippen molar-refractivity contribution >= 4 is 36.0 Å². The maximum absolute atomic E-state index is 13.5. The Morgan fingerprint density at radius 2 is 2.06 bits per heavy atom. The molecule has 0 bridgehead atoms. The molecule has 0 unspecified atom stereocenters. The van der Waals surface area contributed by atoms with Gasteiger partial charge in [-0.25, -0.2) is 9.18 Å². The highest BCUT2D eigenvalue weighted by atomic mass is 19.1. The van der Waals surface area contributed by atoms with Crippen LogP contribution in [-0.4, -0.2) is 29.7 Å². The fourth-order valence-electron chi connectivity index (χ4n) is 1.64. The first-order chi connectivity index (χ1) is 7.52. The molecule has 2 N–H and O–H groups in total. The van der Waals surface area contributed by atoms with E-state index >= 15 is 0 Å². The van der Waals surface area contributed by atoms with Gasteiger partial charge < -0.3 is 10.1 Å². The summed E-state index contributed by atoms with van der Waals surface area (Å²) in [5.74, 6) is -3.32. The number of nitrogens with one attached hydrogen (secondary N) is 1. The number of carboxylic acid groups (broad SMARTS) is 1. The molecule has 1 heterocycles. The summed E-state index contributed by atoms with van der Waals surface area (Å²) < 4.78 is 13.5. The molecule has 1 aromatic carbocycles. The summed E-state index contributed by atoms with van der Waals surface area (Å²) in [6, 6.07) is 2.77. The van der Waals surface area contributed by atoms with E-state index in [0.29, 0.717) is 5.52 Å².